The maximum Gasteiger partial charge on any atom is 0.178 e. The molecule has 0 aliphatic rings. The van der Waals surface area contributed by atoms with E-state index in [4.69, 9.17) is 16.3 Å². The molecule has 0 atom stereocenters. The van der Waals surface area contributed by atoms with E-state index < -0.39 is 0 Å². The number of para-hydroxylation sites is 1. The molecule has 0 unspecified atom stereocenters. The van der Waals surface area contributed by atoms with Gasteiger partial charge < -0.3 is 4.74 Å². The zero-order valence-electron chi connectivity index (χ0n) is 10.9. The molecule has 5 heteroatoms. The van der Waals surface area contributed by atoms with Crippen LogP contribution in [0.1, 0.15) is 11.4 Å². The third-order valence-corrected chi connectivity index (χ3v) is 3.31. The number of ether oxygens (including phenoxy) is 1. The Bertz CT molecular complexity index is 761. The first-order valence-corrected chi connectivity index (χ1v) is 6.54. The van der Waals surface area contributed by atoms with E-state index in [-0.39, 0.29) is 0 Å². The molecule has 0 amide bonds. The molecule has 0 aliphatic heterocycles. The molecule has 2 aromatic heterocycles. The van der Waals surface area contributed by atoms with Gasteiger partial charge in [-0.05, 0) is 12.1 Å². The summed E-state index contributed by atoms with van der Waals surface area (Å²) in [7, 11) is 1.56. The zero-order valence-corrected chi connectivity index (χ0v) is 11.6. The van der Waals surface area contributed by atoms with Crippen LogP contribution in [0.5, 0.6) is 5.75 Å². The molecule has 0 spiro atoms. The van der Waals surface area contributed by atoms with E-state index in [1.54, 1.807) is 7.11 Å². The Morgan fingerprint density at radius 1 is 1.10 bits per heavy atom. The fourth-order valence-electron chi connectivity index (χ4n) is 2.09. The van der Waals surface area contributed by atoms with E-state index in [1.807, 2.05) is 36.4 Å². The lowest BCUT2D eigenvalue weighted by Crippen LogP contribution is -2.01. The first-order valence-electron chi connectivity index (χ1n) is 6.16. The molecule has 2 heterocycles. The second kappa shape index (κ2) is 5.43. The van der Waals surface area contributed by atoms with E-state index in [0.717, 1.165) is 22.3 Å². The average Bonchev–Trinajstić information content (AvgIpc) is 2.47. The summed E-state index contributed by atoms with van der Waals surface area (Å²) in [4.78, 5) is 12.8. The van der Waals surface area contributed by atoms with Crippen molar-refractivity contribution in [2.24, 2.45) is 0 Å². The second-order valence-electron chi connectivity index (χ2n) is 4.32. The van der Waals surface area contributed by atoms with Gasteiger partial charge in [-0.3, -0.25) is 4.98 Å². The minimum Gasteiger partial charge on any atom is -0.492 e. The van der Waals surface area contributed by atoms with Crippen LogP contribution in [-0.4, -0.2) is 22.1 Å². The van der Waals surface area contributed by atoms with Crippen molar-refractivity contribution in [2.45, 2.75) is 6.42 Å². The van der Waals surface area contributed by atoms with E-state index in [1.165, 1.54) is 6.33 Å². The van der Waals surface area contributed by atoms with Crippen molar-refractivity contribution in [3.05, 3.63) is 59.3 Å². The van der Waals surface area contributed by atoms with Crippen LogP contribution in [0.3, 0.4) is 0 Å². The molecule has 3 rings (SSSR count). The Morgan fingerprint density at radius 3 is 2.80 bits per heavy atom. The number of aromatic nitrogens is 3. The molecular formula is C15H12ClN3O. The van der Waals surface area contributed by atoms with Gasteiger partial charge in [0.25, 0.3) is 0 Å². The van der Waals surface area contributed by atoms with Crippen LogP contribution < -0.4 is 4.74 Å². The fraction of sp³-hybridized carbons (Fsp3) is 0.133. The number of hydrogen-bond acceptors (Lipinski definition) is 4. The van der Waals surface area contributed by atoms with Crippen molar-refractivity contribution in [2.75, 3.05) is 7.11 Å². The summed E-state index contributed by atoms with van der Waals surface area (Å²) in [6.07, 6.45) is 1.98. The Morgan fingerprint density at radius 2 is 1.95 bits per heavy atom. The molecule has 0 bridgehead atoms. The van der Waals surface area contributed by atoms with Crippen molar-refractivity contribution in [3.8, 4) is 5.75 Å². The Hall–Kier alpha value is -2.20. The molecule has 0 aliphatic carbocycles. The predicted octanol–water partition coefficient (Wildman–Crippen LogP) is 3.28. The fourth-order valence-corrected chi connectivity index (χ4v) is 2.32. The molecule has 4 nitrogen and oxygen atoms in total. The van der Waals surface area contributed by atoms with Gasteiger partial charge in [0.05, 0.1) is 18.3 Å². The standard InChI is InChI=1S/C15H12ClN3O/c1-20-14-13(17-9-18-15(14)16)8-11-7-6-10-4-2-3-5-12(10)19-11/h2-7,9H,8H2,1H3. The first kappa shape index (κ1) is 12.8. The minimum absolute atomic E-state index is 0.318. The number of pyridine rings is 1. The Labute approximate surface area is 121 Å². The van der Waals surface area contributed by atoms with Gasteiger partial charge in [-0.2, -0.15) is 0 Å². The van der Waals surface area contributed by atoms with Crippen molar-refractivity contribution >= 4 is 22.5 Å². The van der Waals surface area contributed by atoms with Gasteiger partial charge in [0.2, 0.25) is 0 Å². The summed E-state index contributed by atoms with van der Waals surface area (Å²) in [5.74, 6) is 0.504. The van der Waals surface area contributed by atoms with Gasteiger partial charge in [-0.15, -0.1) is 0 Å². The minimum atomic E-state index is 0.318. The number of halogens is 1. The Kier molecular flexibility index (Phi) is 3.48. The molecule has 100 valence electrons. The van der Waals surface area contributed by atoms with E-state index >= 15 is 0 Å². The van der Waals surface area contributed by atoms with E-state index in [2.05, 4.69) is 15.0 Å². The summed E-state index contributed by atoms with van der Waals surface area (Å²) in [6, 6.07) is 12.0. The molecule has 0 saturated heterocycles. The monoisotopic (exact) mass is 285 g/mol. The molecule has 0 N–H and O–H groups in total. The van der Waals surface area contributed by atoms with Crippen molar-refractivity contribution < 1.29 is 4.74 Å². The number of fused-ring (bicyclic) bond motifs is 1. The highest BCUT2D eigenvalue weighted by atomic mass is 35.5. The van der Waals surface area contributed by atoms with Gasteiger partial charge in [0.1, 0.15) is 6.33 Å². The molecule has 20 heavy (non-hydrogen) atoms. The van der Waals surface area contributed by atoms with Gasteiger partial charge in [-0.25, -0.2) is 9.97 Å². The van der Waals surface area contributed by atoms with Crippen LogP contribution in [0.4, 0.5) is 0 Å². The number of benzene rings is 1. The maximum atomic E-state index is 5.99. The zero-order chi connectivity index (χ0) is 13.9. The normalized spacial score (nSPS) is 10.7. The summed E-state index contributed by atoms with van der Waals surface area (Å²) < 4.78 is 5.25. The molecule has 0 saturated carbocycles. The maximum absolute atomic E-state index is 5.99. The number of hydrogen-bond donors (Lipinski definition) is 0. The van der Waals surface area contributed by atoms with E-state index in [9.17, 15) is 0 Å². The highest BCUT2D eigenvalue weighted by Crippen LogP contribution is 2.26. The average molecular weight is 286 g/mol. The van der Waals surface area contributed by atoms with Crippen molar-refractivity contribution in [1.29, 1.82) is 0 Å². The summed E-state index contributed by atoms with van der Waals surface area (Å²) in [5, 5.41) is 1.43. The molecular weight excluding hydrogens is 274 g/mol. The lowest BCUT2D eigenvalue weighted by molar-refractivity contribution is 0.405. The van der Waals surface area contributed by atoms with Crippen LogP contribution in [0, 0.1) is 0 Å². The largest absolute Gasteiger partial charge is 0.492 e. The highest BCUT2D eigenvalue weighted by molar-refractivity contribution is 6.30. The number of methoxy groups -OCH3 is 1. The van der Waals surface area contributed by atoms with Gasteiger partial charge in [0, 0.05) is 17.5 Å². The number of nitrogens with zero attached hydrogens (tertiary/aromatic N) is 3. The Balaban J connectivity index is 1.99. The lowest BCUT2D eigenvalue weighted by Gasteiger charge is -2.08. The molecule has 0 radical (unpaired) electrons. The SMILES string of the molecule is COc1c(Cl)ncnc1Cc1ccc2ccccc2n1. The summed E-state index contributed by atoms with van der Waals surface area (Å²) in [5.41, 5.74) is 2.61. The highest BCUT2D eigenvalue weighted by Gasteiger charge is 2.11. The topological polar surface area (TPSA) is 47.9 Å². The summed E-state index contributed by atoms with van der Waals surface area (Å²) >= 11 is 5.99. The smallest absolute Gasteiger partial charge is 0.178 e. The third-order valence-electron chi connectivity index (χ3n) is 3.04. The third kappa shape index (κ3) is 2.42. The van der Waals surface area contributed by atoms with Gasteiger partial charge >= 0.3 is 0 Å². The number of rotatable bonds is 3. The van der Waals surface area contributed by atoms with Crippen molar-refractivity contribution in [1.82, 2.24) is 15.0 Å². The van der Waals surface area contributed by atoms with Crippen LogP contribution >= 0.6 is 11.6 Å². The van der Waals surface area contributed by atoms with Gasteiger partial charge in [0.15, 0.2) is 10.9 Å². The lowest BCUT2D eigenvalue weighted by atomic mass is 10.1. The van der Waals surface area contributed by atoms with E-state index in [0.29, 0.717) is 17.3 Å². The second-order valence-corrected chi connectivity index (χ2v) is 4.67. The summed E-state index contributed by atoms with van der Waals surface area (Å²) in [6.45, 7) is 0. The molecule has 0 fully saturated rings. The van der Waals surface area contributed by atoms with Crippen LogP contribution in [0.25, 0.3) is 10.9 Å². The van der Waals surface area contributed by atoms with Crippen LogP contribution in [-0.2, 0) is 6.42 Å². The van der Waals surface area contributed by atoms with Gasteiger partial charge in [-0.1, -0.05) is 35.9 Å². The molecule has 3 aromatic rings. The van der Waals surface area contributed by atoms with Crippen molar-refractivity contribution in [3.63, 3.8) is 0 Å². The first-order chi connectivity index (χ1) is 9.78. The molecule has 1 aromatic carbocycles. The quantitative estimate of drug-likeness (QED) is 0.693. The van der Waals surface area contributed by atoms with Crippen LogP contribution in [0.15, 0.2) is 42.7 Å². The predicted molar refractivity (Wildman–Crippen MR) is 78.1 cm³/mol. The van der Waals surface area contributed by atoms with Crippen LogP contribution in [0.2, 0.25) is 5.15 Å².